The summed E-state index contributed by atoms with van der Waals surface area (Å²) < 4.78 is 11.3. The fourth-order valence-corrected chi connectivity index (χ4v) is 3.18. The van der Waals surface area contributed by atoms with Gasteiger partial charge in [0.15, 0.2) is 0 Å². The number of benzene rings is 1. The van der Waals surface area contributed by atoms with Crippen LogP contribution in [-0.2, 0) is 20.9 Å². The van der Waals surface area contributed by atoms with Crippen molar-refractivity contribution in [1.82, 2.24) is 4.90 Å². The van der Waals surface area contributed by atoms with Crippen molar-refractivity contribution < 1.29 is 14.3 Å². The second kappa shape index (κ2) is 9.35. The van der Waals surface area contributed by atoms with Crippen LogP contribution in [0.3, 0.4) is 0 Å². The standard InChI is InChI=1S/C21H33NO3/c1-17(20(23)25-21(2,3)4)22-13-10-18(11-14-22)12-15-24-16-19-8-6-5-7-9-19/h5-9,17-18H,10-16H2,1-4H3/t17-/m1/s1. The molecule has 0 spiro atoms. The molecule has 2 rings (SSSR count). The maximum atomic E-state index is 12.2. The van der Waals surface area contributed by atoms with Crippen molar-refractivity contribution in [1.29, 1.82) is 0 Å². The topological polar surface area (TPSA) is 38.8 Å². The number of hydrogen-bond acceptors (Lipinski definition) is 4. The van der Waals surface area contributed by atoms with Crippen LogP contribution in [0.2, 0.25) is 0 Å². The van der Waals surface area contributed by atoms with Gasteiger partial charge >= 0.3 is 5.97 Å². The van der Waals surface area contributed by atoms with Crippen molar-refractivity contribution in [3.8, 4) is 0 Å². The molecule has 4 heteroatoms. The zero-order chi connectivity index (χ0) is 18.3. The van der Waals surface area contributed by atoms with Gasteiger partial charge in [-0.15, -0.1) is 0 Å². The van der Waals surface area contributed by atoms with Crippen molar-refractivity contribution >= 4 is 5.97 Å². The largest absolute Gasteiger partial charge is 0.459 e. The van der Waals surface area contributed by atoms with Crippen LogP contribution in [0, 0.1) is 5.92 Å². The number of rotatable bonds is 7. The van der Waals surface area contributed by atoms with Crippen molar-refractivity contribution in [2.75, 3.05) is 19.7 Å². The van der Waals surface area contributed by atoms with Crippen molar-refractivity contribution in [2.24, 2.45) is 5.92 Å². The van der Waals surface area contributed by atoms with E-state index < -0.39 is 5.60 Å². The van der Waals surface area contributed by atoms with E-state index >= 15 is 0 Å². The summed E-state index contributed by atoms with van der Waals surface area (Å²) in [4.78, 5) is 14.4. The summed E-state index contributed by atoms with van der Waals surface area (Å²) in [6.07, 6.45) is 3.35. The minimum atomic E-state index is -0.417. The fourth-order valence-electron chi connectivity index (χ4n) is 3.18. The van der Waals surface area contributed by atoms with E-state index in [-0.39, 0.29) is 12.0 Å². The molecule has 0 amide bonds. The van der Waals surface area contributed by atoms with Gasteiger partial charge in [-0.3, -0.25) is 9.69 Å². The van der Waals surface area contributed by atoms with Gasteiger partial charge in [0.2, 0.25) is 0 Å². The molecule has 0 aliphatic carbocycles. The summed E-state index contributed by atoms with van der Waals surface area (Å²) >= 11 is 0. The molecule has 0 saturated carbocycles. The molecule has 1 aromatic carbocycles. The number of piperidine rings is 1. The summed E-state index contributed by atoms with van der Waals surface area (Å²) in [5.74, 6) is 0.579. The summed E-state index contributed by atoms with van der Waals surface area (Å²) in [6, 6.07) is 10.1. The Kier molecular flexibility index (Phi) is 7.45. The highest BCUT2D eigenvalue weighted by Crippen LogP contribution is 2.23. The number of ether oxygens (including phenoxy) is 2. The molecule has 140 valence electrons. The number of carbonyl (C=O) groups is 1. The van der Waals surface area contributed by atoms with E-state index in [4.69, 9.17) is 9.47 Å². The molecule has 0 bridgehead atoms. The number of hydrogen-bond donors (Lipinski definition) is 0. The van der Waals surface area contributed by atoms with E-state index in [0.29, 0.717) is 12.5 Å². The lowest BCUT2D eigenvalue weighted by Crippen LogP contribution is -2.46. The predicted octanol–water partition coefficient (Wildman–Crippen LogP) is 4.04. The van der Waals surface area contributed by atoms with Gasteiger partial charge in [0.25, 0.3) is 0 Å². The molecule has 1 aliphatic rings. The van der Waals surface area contributed by atoms with Gasteiger partial charge in [-0.2, -0.15) is 0 Å². The second-order valence-electron chi connectivity index (χ2n) is 8.02. The molecule has 0 radical (unpaired) electrons. The third kappa shape index (κ3) is 7.17. The number of carbonyl (C=O) groups excluding carboxylic acids is 1. The van der Waals surface area contributed by atoms with Gasteiger partial charge in [0.05, 0.1) is 6.61 Å². The smallest absolute Gasteiger partial charge is 0.323 e. The van der Waals surface area contributed by atoms with E-state index in [9.17, 15) is 4.79 Å². The van der Waals surface area contributed by atoms with Gasteiger partial charge in [-0.25, -0.2) is 0 Å². The molecule has 25 heavy (non-hydrogen) atoms. The molecule has 1 aliphatic heterocycles. The Morgan fingerprint density at radius 3 is 2.44 bits per heavy atom. The van der Waals surface area contributed by atoms with Gasteiger partial charge < -0.3 is 9.47 Å². The third-order valence-electron chi connectivity index (χ3n) is 4.73. The average Bonchev–Trinajstić information content (AvgIpc) is 2.58. The van der Waals surface area contributed by atoms with Crippen molar-refractivity contribution in [3.63, 3.8) is 0 Å². The zero-order valence-corrected chi connectivity index (χ0v) is 16.2. The Morgan fingerprint density at radius 2 is 1.84 bits per heavy atom. The second-order valence-corrected chi connectivity index (χ2v) is 8.02. The summed E-state index contributed by atoms with van der Waals surface area (Å²) in [7, 11) is 0. The minimum absolute atomic E-state index is 0.114. The molecule has 1 heterocycles. The van der Waals surface area contributed by atoms with Gasteiger partial charge in [0, 0.05) is 6.61 Å². The molecule has 0 unspecified atom stereocenters. The monoisotopic (exact) mass is 347 g/mol. The number of nitrogens with zero attached hydrogens (tertiary/aromatic N) is 1. The first-order chi connectivity index (χ1) is 11.8. The quantitative estimate of drug-likeness (QED) is 0.551. The normalized spacial score (nSPS) is 18.1. The van der Waals surface area contributed by atoms with Gasteiger partial charge in [0.1, 0.15) is 11.6 Å². The Morgan fingerprint density at radius 1 is 1.20 bits per heavy atom. The van der Waals surface area contributed by atoms with Crippen molar-refractivity contribution in [3.05, 3.63) is 35.9 Å². The third-order valence-corrected chi connectivity index (χ3v) is 4.73. The summed E-state index contributed by atoms with van der Waals surface area (Å²) in [5.41, 5.74) is 0.809. The number of likely N-dealkylation sites (tertiary alicyclic amines) is 1. The minimum Gasteiger partial charge on any atom is -0.459 e. The van der Waals surface area contributed by atoms with Crippen LogP contribution in [0.4, 0.5) is 0 Å². The van der Waals surface area contributed by atoms with Crippen LogP contribution in [-0.4, -0.2) is 42.2 Å². The first-order valence-corrected chi connectivity index (χ1v) is 9.44. The molecular weight excluding hydrogens is 314 g/mol. The maximum absolute atomic E-state index is 12.2. The highest BCUT2D eigenvalue weighted by Gasteiger charge is 2.29. The van der Waals surface area contributed by atoms with E-state index in [2.05, 4.69) is 17.0 Å². The number of esters is 1. The van der Waals surface area contributed by atoms with Crippen LogP contribution >= 0.6 is 0 Å². The lowest BCUT2D eigenvalue weighted by Gasteiger charge is -2.36. The van der Waals surface area contributed by atoms with E-state index in [0.717, 1.165) is 39.0 Å². The van der Waals surface area contributed by atoms with Crippen molar-refractivity contribution in [2.45, 2.75) is 65.2 Å². The molecule has 0 N–H and O–H groups in total. The SMILES string of the molecule is C[C@H](C(=O)OC(C)(C)C)N1CCC(CCOCc2ccccc2)CC1. The highest BCUT2D eigenvalue weighted by atomic mass is 16.6. The Balaban J connectivity index is 1.63. The fraction of sp³-hybridized carbons (Fsp3) is 0.667. The van der Waals surface area contributed by atoms with E-state index in [1.54, 1.807) is 0 Å². The van der Waals surface area contributed by atoms with Crippen LogP contribution in [0.25, 0.3) is 0 Å². The molecule has 1 atom stereocenters. The van der Waals surface area contributed by atoms with Crippen LogP contribution in [0.1, 0.15) is 52.5 Å². The molecular formula is C21H33NO3. The molecule has 1 saturated heterocycles. The maximum Gasteiger partial charge on any atom is 0.323 e. The van der Waals surface area contributed by atoms with Crippen LogP contribution in [0.5, 0.6) is 0 Å². The summed E-state index contributed by atoms with van der Waals surface area (Å²) in [6.45, 7) is 11.1. The Hall–Kier alpha value is -1.39. The average molecular weight is 347 g/mol. The molecule has 4 nitrogen and oxygen atoms in total. The lowest BCUT2D eigenvalue weighted by atomic mass is 9.93. The zero-order valence-electron chi connectivity index (χ0n) is 16.2. The summed E-state index contributed by atoms with van der Waals surface area (Å²) in [5, 5.41) is 0. The van der Waals surface area contributed by atoms with E-state index in [1.165, 1.54) is 5.56 Å². The molecule has 0 aromatic heterocycles. The lowest BCUT2D eigenvalue weighted by molar-refractivity contribution is -0.161. The predicted molar refractivity (Wildman–Crippen MR) is 100 cm³/mol. The highest BCUT2D eigenvalue weighted by molar-refractivity contribution is 5.75. The molecule has 1 fully saturated rings. The molecule has 1 aromatic rings. The van der Waals surface area contributed by atoms with Crippen LogP contribution < -0.4 is 0 Å². The first-order valence-electron chi connectivity index (χ1n) is 9.44. The van der Waals surface area contributed by atoms with Crippen LogP contribution in [0.15, 0.2) is 30.3 Å². The van der Waals surface area contributed by atoms with Gasteiger partial charge in [-0.05, 0) is 71.5 Å². The van der Waals surface area contributed by atoms with E-state index in [1.807, 2.05) is 45.9 Å². The Labute approximate surface area is 152 Å². The van der Waals surface area contributed by atoms with Gasteiger partial charge in [-0.1, -0.05) is 30.3 Å². The Bertz CT molecular complexity index is 516. The first kappa shape index (κ1) is 19.9.